The van der Waals surface area contributed by atoms with Crippen LogP contribution in [0.3, 0.4) is 0 Å². The Hall–Kier alpha value is -4.23. The number of phenolic OH excluding ortho intramolecular Hbond substituents is 1. The molecule has 12 nitrogen and oxygen atoms in total. The summed E-state index contributed by atoms with van der Waals surface area (Å²) in [6.07, 6.45) is 1.30. The molecule has 1 aliphatic heterocycles. The van der Waals surface area contributed by atoms with E-state index in [0.29, 0.717) is 23.2 Å². The number of primary amides is 1. The average molecular weight is 619 g/mol. The number of ether oxygens (including phenoxy) is 1. The summed E-state index contributed by atoms with van der Waals surface area (Å²) in [7, 11) is 7.30. The quantitative estimate of drug-likeness (QED) is 0.187. The largest absolute Gasteiger partial charge is 0.510 e. The van der Waals surface area contributed by atoms with Gasteiger partial charge in [-0.15, -0.1) is 0 Å². The van der Waals surface area contributed by atoms with E-state index in [1.165, 1.54) is 6.07 Å². The fourth-order valence-electron chi connectivity index (χ4n) is 7.63. The van der Waals surface area contributed by atoms with E-state index < -0.39 is 58.0 Å². The van der Waals surface area contributed by atoms with Crippen molar-refractivity contribution in [2.24, 2.45) is 17.6 Å². The Morgan fingerprint density at radius 1 is 1.07 bits per heavy atom. The number of Topliss-reactive ketones (excluding diaryl/α,β-unsaturated/α-hetero) is 1. The highest BCUT2D eigenvalue weighted by atomic mass is 16.8. The molecule has 1 unspecified atom stereocenters. The van der Waals surface area contributed by atoms with Crippen molar-refractivity contribution in [3.63, 3.8) is 0 Å². The number of ketones is 1. The number of epoxide rings is 1. The predicted octanol–water partition coefficient (Wildman–Crippen LogP) is 1.47. The van der Waals surface area contributed by atoms with Gasteiger partial charge in [0.1, 0.15) is 22.8 Å². The first-order valence-corrected chi connectivity index (χ1v) is 14.9. The SMILES string of the molecule is CN(C)CCCNC(=O)c1ccc(-c2ccc(O)c3c2C[C@H]2C[C@H]4[C@@H](N(C)C)C(O)=C(C(N)=O)C5(O)O[C@]45C(=O)C2=C3O)cc1. The first-order valence-electron chi connectivity index (χ1n) is 14.9. The zero-order chi connectivity index (χ0) is 32.6. The van der Waals surface area contributed by atoms with Gasteiger partial charge in [-0.05, 0) is 94.8 Å². The Kier molecular flexibility index (Phi) is 7.31. The average Bonchev–Trinajstić information content (AvgIpc) is 3.60. The normalized spacial score (nSPS) is 28.4. The number of phenols is 1. The number of amides is 2. The van der Waals surface area contributed by atoms with Crippen LogP contribution < -0.4 is 11.1 Å². The van der Waals surface area contributed by atoms with Crippen molar-refractivity contribution in [2.75, 3.05) is 41.3 Å². The van der Waals surface area contributed by atoms with Gasteiger partial charge in [-0.25, -0.2) is 0 Å². The van der Waals surface area contributed by atoms with Crippen LogP contribution in [-0.2, 0) is 20.7 Å². The van der Waals surface area contributed by atoms with E-state index in [0.717, 1.165) is 18.5 Å². The zero-order valence-corrected chi connectivity index (χ0v) is 25.6. The molecule has 2 fully saturated rings. The van der Waals surface area contributed by atoms with Crippen LogP contribution in [0.4, 0.5) is 0 Å². The van der Waals surface area contributed by atoms with Crippen LogP contribution in [0.15, 0.2) is 53.3 Å². The van der Waals surface area contributed by atoms with Gasteiger partial charge in [-0.2, -0.15) is 0 Å². The van der Waals surface area contributed by atoms with Gasteiger partial charge in [0.25, 0.3) is 11.8 Å². The number of hydrogen-bond donors (Lipinski definition) is 6. The summed E-state index contributed by atoms with van der Waals surface area (Å²) in [6, 6.07) is 9.33. The predicted molar refractivity (Wildman–Crippen MR) is 164 cm³/mol. The van der Waals surface area contributed by atoms with Gasteiger partial charge < -0.3 is 41.1 Å². The third-order valence-corrected chi connectivity index (χ3v) is 9.64. The number of benzene rings is 2. The molecule has 2 amide bonds. The van der Waals surface area contributed by atoms with Gasteiger partial charge in [-0.3, -0.25) is 19.3 Å². The second kappa shape index (κ2) is 10.7. The molecule has 1 saturated heterocycles. The molecule has 0 bridgehead atoms. The lowest BCUT2D eigenvalue weighted by Gasteiger charge is -2.46. The van der Waals surface area contributed by atoms with Gasteiger partial charge in [0.2, 0.25) is 11.6 Å². The zero-order valence-electron chi connectivity index (χ0n) is 25.6. The monoisotopic (exact) mass is 618 g/mol. The minimum Gasteiger partial charge on any atom is -0.510 e. The lowest BCUT2D eigenvalue weighted by Crippen LogP contribution is -2.60. The van der Waals surface area contributed by atoms with E-state index in [1.54, 1.807) is 49.3 Å². The number of nitrogens with zero attached hydrogens (tertiary/aromatic N) is 2. The Bertz CT molecular complexity index is 1680. The molecule has 5 atom stereocenters. The summed E-state index contributed by atoms with van der Waals surface area (Å²) in [5, 5.41) is 47.9. The molecular weight excluding hydrogens is 580 g/mol. The standard InChI is InChI=1S/C33H38N4O8/c1-36(2)13-5-12-35-31(43)17-8-6-16(7-9-17)19-10-11-22(38)24-20(19)14-18-15-21-26(37(3)4)28(40)25(30(34)42)33(44)32(21,45-33)29(41)23(18)27(24)39/h6-11,18,21,26,38-40,44H,5,12-15H2,1-4H3,(H2,34,42)(H,35,43)/t18-,21-,26+,32-,33?/m0/s1. The first kappa shape index (κ1) is 30.8. The molecule has 1 saturated carbocycles. The van der Waals surface area contributed by atoms with Crippen molar-refractivity contribution < 1.29 is 39.5 Å². The van der Waals surface area contributed by atoms with E-state index in [2.05, 4.69) is 5.32 Å². The number of nitrogens with two attached hydrogens (primary N) is 1. The van der Waals surface area contributed by atoms with Crippen LogP contribution in [0.5, 0.6) is 5.75 Å². The fraction of sp³-hybridized carbons (Fsp3) is 0.424. The smallest absolute Gasteiger partial charge is 0.253 e. The molecule has 7 N–H and O–H groups in total. The topological polar surface area (TPSA) is 189 Å². The maximum atomic E-state index is 14.2. The van der Waals surface area contributed by atoms with Gasteiger partial charge in [0, 0.05) is 23.6 Å². The molecule has 2 aromatic rings. The molecule has 3 aliphatic carbocycles. The van der Waals surface area contributed by atoms with Gasteiger partial charge in [-0.1, -0.05) is 18.2 Å². The summed E-state index contributed by atoms with van der Waals surface area (Å²) < 4.78 is 5.69. The summed E-state index contributed by atoms with van der Waals surface area (Å²) in [5.74, 6) is -6.86. The molecule has 1 spiro atoms. The molecule has 238 valence electrons. The van der Waals surface area contributed by atoms with Gasteiger partial charge >= 0.3 is 0 Å². The summed E-state index contributed by atoms with van der Waals surface area (Å²) in [6.45, 7) is 1.41. The number of aliphatic hydroxyl groups excluding tert-OH is 2. The number of nitrogens with one attached hydrogen (secondary N) is 1. The molecule has 0 aromatic heterocycles. The van der Waals surface area contributed by atoms with Crippen LogP contribution >= 0.6 is 0 Å². The van der Waals surface area contributed by atoms with Crippen molar-refractivity contribution in [3.05, 3.63) is 70.0 Å². The van der Waals surface area contributed by atoms with Crippen molar-refractivity contribution >= 4 is 23.4 Å². The van der Waals surface area contributed by atoms with Crippen molar-refractivity contribution in [2.45, 2.75) is 36.7 Å². The molecule has 4 aliphatic rings. The van der Waals surface area contributed by atoms with Gasteiger partial charge in [0.05, 0.1) is 11.6 Å². The highest BCUT2D eigenvalue weighted by molar-refractivity contribution is 6.14. The maximum Gasteiger partial charge on any atom is 0.253 e. The van der Waals surface area contributed by atoms with E-state index >= 15 is 0 Å². The number of hydrogen-bond acceptors (Lipinski definition) is 10. The maximum absolute atomic E-state index is 14.2. The van der Waals surface area contributed by atoms with E-state index in [1.807, 2.05) is 19.0 Å². The van der Waals surface area contributed by atoms with Crippen LogP contribution in [0.25, 0.3) is 16.9 Å². The molecule has 45 heavy (non-hydrogen) atoms. The Morgan fingerprint density at radius 3 is 2.38 bits per heavy atom. The molecule has 0 radical (unpaired) electrons. The lowest BCUT2D eigenvalue weighted by atomic mass is 9.58. The van der Waals surface area contributed by atoms with Crippen LogP contribution in [-0.4, -0.2) is 107 Å². The number of aliphatic hydroxyl groups is 3. The summed E-state index contributed by atoms with van der Waals surface area (Å²) >= 11 is 0. The number of carbonyl (C=O) groups excluding carboxylic acids is 3. The minimum atomic E-state index is -2.43. The number of rotatable bonds is 8. The molecule has 12 heteroatoms. The number of fused-ring (bicyclic) bond motifs is 2. The van der Waals surface area contributed by atoms with E-state index in [9.17, 15) is 34.8 Å². The van der Waals surface area contributed by atoms with Crippen molar-refractivity contribution in [1.29, 1.82) is 0 Å². The number of likely N-dealkylation sites (N-methyl/N-ethyl adjacent to an activating group) is 1. The highest BCUT2D eigenvalue weighted by Gasteiger charge is 2.85. The van der Waals surface area contributed by atoms with Crippen LogP contribution in [0.2, 0.25) is 0 Å². The minimum absolute atomic E-state index is 0.00822. The van der Waals surface area contributed by atoms with E-state index in [-0.39, 0.29) is 35.6 Å². The second-order valence-corrected chi connectivity index (χ2v) is 12.8. The Morgan fingerprint density at radius 2 is 1.76 bits per heavy atom. The summed E-state index contributed by atoms with van der Waals surface area (Å²) in [4.78, 5) is 42.9. The molecule has 1 heterocycles. The van der Waals surface area contributed by atoms with Crippen molar-refractivity contribution in [1.82, 2.24) is 15.1 Å². The Labute approximate surface area is 260 Å². The van der Waals surface area contributed by atoms with Crippen LogP contribution in [0, 0.1) is 11.8 Å². The van der Waals surface area contributed by atoms with Gasteiger partial charge in [0.15, 0.2) is 5.60 Å². The molecule has 2 aromatic carbocycles. The second-order valence-electron chi connectivity index (χ2n) is 12.8. The molecular formula is C33H38N4O8. The number of carbonyl (C=O) groups is 3. The third-order valence-electron chi connectivity index (χ3n) is 9.64. The van der Waals surface area contributed by atoms with E-state index in [4.69, 9.17) is 10.5 Å². The third kappa shape index (κ3) is 4.46. The Balaban J connectivity index is 1.36. The van der Waals surface area contributed by atoms with Crippen LogP contribution in [0.1, 0.15) is 34.3 Å². The lowest BCUT2D eigenvalue weighted by molar-refractivity contribution is -0.127. The molecule has 6 rings (SSSR count). The fourth-order valence-corrected chi connectivity index (χ4v) is 7.63. The highest BCUT2D eigenvalue weighted by Crippen LogP contribution is 2.67. The summed E-state index contributed by atoms with van der Waals surface area (Å²) in [5.41, 5.74) is 5.69. The van der Waals surface area contributed by atoms with Crippen molar-refractivity contribution in [3.8, 4) is 16.9 Å². The first-order chi connectivity index (χ1) is 21.2. The number of aromatic hydroxyl groups is 1.